The molecule has 1 N–H and O–H groups in total. The van der Waals surface area contributed by atoms with Gasteiger partial charge in [-0.25, -0.2) is 0 Å². The van der Waals surface area contributed by atoms with Crippen LogP contribution in [0, 0.1) is 10.1 Å². The van der Waals surface area contributed by atoms with E-state index in [1.54, 1.807) is 0 Å². The Bertz CT molecular complexity index is 294. The number of aromatic nitrogens is 2. The second-order valence-electron chi connectivity index (χ2n) is 2.20. The predicted molar refractivity (Wildman–Crippen MR) is 39.6 cm³/mol. The van der Waals surface area contributed by atoms with E-state index in [1.807, 2.05) is 0 Å². The molecule has 0 amide bonds. The van der Waals surface area contributed by atoms with E-state index in [4.69, 9.17) is 0 Å². The number of nitrogens with zero attached hydrogens (tertiary/aromatic N) is 2. The van der Waals surface area contributed by atoms with Crippen molar-refractivity contribution in [3.05, 3.63) is 22.0 Å². The van der Waals surface area contributed by atoms with Crippen molar-refractivity contribution in [3.8, 4) is 0 Å². The van der Waals surface area contributed by atoms with Crippen molar-refractivity contribution in [2.75, 3.05) is 0 Å². The summed E-state index contributed by atoms with van der Waals surface area (Å²) >= 11 is 0. The lowest BCUT2D eigenvalue weighted by Crippen LogP contribution is -1.93. The average molecular weight is 169 g/mol. The largest absolute Gasteiger partial charge is 0.309 e. The lowest BCUT2D eigenvalue weighted by molar-refractivity contribution is -0.385. The first-order valence-corrected chi connectivity index (χ1v) is 3.36. The molecule has 0 aliphatic rings. The summed E-state index contributed by atoms with van der Waals surface area (Å²) in [6, 6.07) is 0. The minimum absolute atomic E-state index is 0.0585. The minimum atomic E-state index is -0.524. The van der Waals surface area contributed by atoms with E-state index in [2.05, 4.69) is 10.2 Å². The number of rotatable bonds is 4. The maximum absolute atomic E-state index is 10.3. The number of aldehydes is 1. The number of H-pyrrole nitrogens is 1. The Morgan fingerprint density at radius 2 is 2.50 bits per heavy atom. The van der Waals surface area contributed by atoms with Crippen molar-refractivity contribution >= 4 is 12.0 Å². The van der Waals surface area contributed by atoms with Crippen molar-refractivity contribution in [2.45, 2.75) is 12.8 Å². The highest BCUT2D eigenvalue weighted by Gasteiger charge is 2.14. The van der Waals surface area contributed by atoms with Gasteiger partial charge in [0.2, 0.25) is 0 Å². The quantitative estimate of drug-likeness (QED) is 0.402. The molecule has 0 radical (unpaired) electrons. The smallest absolute Gasteiger partial charge is 0.303 e. The molecule has 6 nitrogen and oxygen atoms in total. The van der Waals surface area contributed by atoms with E-state index in [1.165, 1.54) is 0 Å². The predicted octanol–water partition coefficient (Wildman–Crippen LogP) is 0.449. The Labute approximate surface area is 67.7 Å². The number of aromatic amines is 1. The fourth-order valence-corrected chi connectivity index (χ4v) is 0.851. The van der Waals surface area contributed by atoms with Gasteiger partial charge in [0.05, 0.1) is 4.92 Å². The lowest BCUT2D eigenvalue weighted by Gasteiger charge is -1.90. The fraction of sp³-hybridized carbons (Fsp3) is 0.333. The molecule has 1 rings (SSSR count). The number of nitrogens with one attached hydrogen (secondary N) is 1. The van der Waals surface area contributed by atoms with E-state index in [9.17, 15) is 14.9 Å². The lowest BCUT2D eigenvalue weighted by atomic mass is 10.2. The van der Waals surface area contributed by atoms with Crippen LogP contribution in [-0.2, 0) is 11.2 Å². The molecular weight excluding hydrogens is 162 g/mol. The number of carbonyl (C=O) groups excluding carboxylic acids is 1. The van der Waals surface area contributed by atoms with Gasteiger partial charge >= 0.3 is 5.69 Å². The average Bonchev–Trinajstić information content (AvgIpc) is 2.48. The summed E-state index contributed by atoms with van der Waals surface area (Å²) in [6.07, 6.45) is 2.45. The number of hydrogen-bond acceptors (Lipinski definition) is 4. The molecule has 6 heteroatoms. The van der Waals surface area contributed by atoms with Crippen molar-refractivity contribution in [2.24, 2.45) is 0 Å². The molecule has 0 aliphatic heterocycles. The molecule has 1 heterocycles. The van der Waals surface area contributed by atoms with Crippen LogP contribution in [0.2, 0.25) is 0 Å². The Balaban J connectivity index is 2.76. The fourth-order valence-electron chi connectivity index (χ4n) is 0.851. The van der Waals surface area contributed by atoms with Crippen LogP contribution in [-0.4, -0.2) is 21.4 Å². The van der Waals surface area contributed by atoms with E-state index in [-0.39, 0.29) is 12.1 Å². The summed E-state index contributed by atoms with van der Waals surface area (Å²) in [5, 5.41) is 16.3. The highest BCUT2D eigenvalue weighted by atomic mass is 16.6. The summed E-state index contributed by atoms with van der Waals surface area (Å²) in [5.41, 5.74) is 0.337. The normalized spacial score (nSPS) is 9.67. The molecule has 64 valence electrons. The molecule has 12 heavy (non-hydrogen) atoms. The molecule has 0 saturated heterocycles. The first-order chi connectivity index (χ1) is 5.75. The van der Waals surface area contributed by atoms with Crippen molar-refractivity contribution < 1.29 is 9.72 Å². The Morgan fingerprint density at radius 1 is 1.75 bits per heavy atom. The van der Waals surface area contributed by atoms with Crippen LogP contribution in [0.25, 0.3) is 0 Å². The van der Waals surface area contributed by atoms with Gasteiger partial charge in [-0.2, -0.15) is 5.10 Å². The zero-order valence-electron chi connectivity index (χ0n) is 6.19. The Kier molecular flexibility index (Phi) is 2.52. The van der Waals surface area contributed by atoms with Gasteiger partial charge in [-0.3, -0.25) is 15.2 Å². The molecular formula is C6H7N3O3. The third-order valence-corrected chi connectivity index (χ3v) is 1.40. The van der Waals surface area contributed by atoms with Gasteiger partial charge in [-0.05, 0) is 0 Å². The summed E-state index contributed by atoms with van der Waals surface area (Å²) < 4.78 is 0. The first-order valence-electron chi connectivity index (χ1n) is 3.36. The van der Waals surface area contributed by atoms with Crippen LogP contribution >= 0.6 is 0 Å². The molecule has 0 aliphatic carbocycles. The molecule has 0 saturated carbocycles. The van der Waals surface area contributed by atoms with E-state index >= 15 is 0 Å². The zero-order valence-corrected chi connectivity index (χ0v) is 6.19. The Morgan fingerprint density at radius 3 is 3.08 bits per heavy atom. The van der Waals surface area contributed by atoms with Gasteiger partial charge in [0.15, 0.2) is 0 Å². The second kappa shape index (κ2) is 3.61. The topological polar surface area (TPSA) is 88.9 Å². The van der Waals surface area contributed by atoms with Crippen molar-refractivity contribution in [1.82, 2.24) is 10.2 Å². The number of carbonyl (C=O) groups is 1. The maximum atomic E-state index is 10.3. The van der Waals surface area contributed by atoms with Crippen molar-refractivity contribution in [3.63, 3.8) is 0 Å². The van der Waals surface area contributed by atoms with E-state index in [0.717, 1.165) is 6.20 Å². The molecule has 0 fully saturated rings. The number of hydrogen-bond donors (Lipinski definition) is 1. The van der Waals surface area contributed by atoms with Crippen LogP contribution < -0.4 is 0 Å². The molecule has 0 bridgehead atoms. The maximum Gasteiger partial charge on any atom is 0.309 e. The standard InChI is InChI=1S/C6H7N3O3/c10-3-1-2-5-6(9(11)12)4-7-8-5/h3-4H,1-2H2,(H,7,8). The molecule has 1 aromatic heterocycles. The van der Waals surface area contributed by atoms with Gasteiger partial charge < -0.3 is 4.79 Å². The molecule has 0 aromatic carbocycles. The Hall–Kier alpha value is -1.72. The summed E-state index contributed by atoms with van der Waals surface area (Å²) in [7, 11) is 0. The monoisotopic (exact) mass is 169 g/mol. The van der Waals surface area contributed by atoms with E-state index in [0.29, 0.717) is 18.4 Å². The van der Waals surface area contributed by atoms with Gasteiger partial charge in [0.1, 0.15) is 18.2 Å². The van der Waals surface area contributed by atoms with Crippen LogP contribution in [0.3, 0.4) is 0 Å². The molecule has 0 spiro atoms. The minimum Gasteiger partial charge on any atom is -0.303 e. The molecule has 0 atom stereocenters. The van der Waals surface area contributed by atoms with Gasteiger partial charge in [0.25, 0.3) is 0 Å². The van der Waals surface area contributed by atoms with Crippen LogP contribution in [0.1, 0.15) is 12.1 Å². The van der Waals surface area contributed by atoms with Gasteiger partial charge in [-0.15, -0.1) is 0 Å². The first kappa shape index (κ1) is 8.38. The number of nitro groups is 1. The van der Waals surface area contributed by atoms with Crippen molar-refractivity contribution in [1.29, 1.82) is 0 Å². The molecule has 0 unspecified atom stereocenters. The number of aryl methyl sites for hydroxylation is 1. The summed E-state index contributed by atoms with van der Waals surface area (Å²) in [6.45, 7) is 0. The summed E-state index contributed by atoms with van der Waals surface area (Å²) in [4.78, 5) is 19.8. The highest BCUT2D eigenvalue weighted by Crippen LogP contribution is 2.15. The molecule has 1 aromatic rings. The summed E-state index contributed by atoms with van der Waals surface area (Å²) in [5.74, 6) is 0. The zero-order chi connectivity index (χ0) is 8.97. The van der Waals surface area contributed by atoms with Crippen LogP contribution in [0.4, 0.5) is 5.69 Å². The van der Waals surface area contributed by atoms with Gasteiger partial charge in [-0.1, -0.05) is 0 Å². The second-order valence-corrected chi connectivity index (χ2v) is 2.20. The van der Waals surface area contributed by atoms with E-state index < -0.39 is 4.92 Å². The van der Waals surface area contributed by atoms with Crippen LogP contribution in [0.5, 0.6) is 0 Å². The SMILES string of the molecule is O=CCCc1[nH]ncc1[N+](=O)[O-]. The third kappa shape index (κ3) is 1.66. The third-order valence-electron chi connectivity index (χ3n) is 1.40. The van der Waals surface area contributed by atoms with Crippen LogP contribution in [0.15, 0.2) is 6.20 Å². The highest BCUT2D eigenvalue weighted by molar-refractivity contribution is 5.50. The van der Waals surface area contributed by atoms with Gasteiger partial charge in [0, 0.05) is 12.8 Å².